The molecule has 1 amide bonds. The van der Waals surface area contributed by atoms with Crippen LogP contribution in [-0.4, -0.2) is 60.4 Å². The fourth-order valence-electron chi connectivity index (χ4n) is 3.95. The summed E-state index contributed by atoms with van der Waals surface area (Å²) in [4.78, 5) is 29.8. The summed E-state index contributed by atoms with van der Waals surface area (Å²) >= 11 is 1.18. The molecule has 152 valence electrons. The summed E-state index contributed by atoms with van der Waals surface area (Å²) in [7, 11) is -1.56. The number of anilines is 1. The van der Waals surface area contributed by atoms with E-state index < -0.39 is 9.46 Å². The van der Waals surface area contributed by atoms with Crippen molar-refractivity contribution in [1.82, 2.24) is 19.9 Å². The Morgan fingerprint density at radius 2 is 2.07 bits per heavy atom. The number of amides is 1. The lowest BCUT2D eigenvalue weighted by molar-refractivity contribution is 0.0745. The third-order valence-electron chi connectivity index (χ3n) is 5.68. The first kappa shape index (κ1) is 19.0. The smallest absolute Gasteiger partial charge is 0.264 e. The summed E-state index contributed by atoms with van der Waals surface area (Å²) in [6, 6.07) is 3.46. The molecule has 3 aromatic heterocycles. The predicted molar refractivity (Wildman–Crippen MR) is 115 cm³/mol. The topological polar surface area (TPSA) is 99.3 Å². The van der Waals surface area contributed by atoms with Gasteiger partial charge in [0.15, 0.2) is 9.46 Å². The SMILES string of the molecule is O=C(c1cc(S(=O)(=O)P)cs1)N1CCN(c2ncnc3[nH]ccc23)CC2(CC2)C1. The van der Waals surface area contributed by atoms with Gasteiger partial charge in [0.05, 0.1) is 15.2 Å². The molecule has 2 fully saturated rings. The number of hydrogen-bond donors (Lipinski definition) is 1. The minimum absolute atomic E-state index is 0.0759. The van der Waals surface area contributed by atoms with Crippen molar-refractivity contribution in [1.29, 1.82) is 0 Å². The van der Waals surface area contributed by atoms with Gasteiger partial charge in [0.1, 0.15) is 17.8 Å². The van der Waals surface area contributed by atoms with Crippen molar-refractivity contribution in [3.8, 4) is 0 Å². The normalized spacial score (nSPS) is 18.9. The molecule has 0 radical (unpaired) electrons. The molecule has 3 aromatic rings. The van der Waals surface area contributed by atoms with Crippen molar-refractivity contribution in [3.63, 3.8) is 0 Å². The van der Waals surface area contributed by atoms with Crippen molar-refractivity contribution >= 4 is 52.0 Å². The van der Waals surface area contributed by atoms with Gasteiger partial charge in [-0.2, -0.15) is 0 Å². The van der Waals surface area contributed by atoms with E-state index in [-0.39, 0.29) is 16.2 Å². The number of fused-ring (bicyclic) bond motifs is 1. The predicted octanol–water partition coefficient (Wildman–Crippen LogP) is 2.33. The molecule has 1 aliphatic carbocycles. The van der Waals surface area contributed by atoms with Crippen LogP contribution in [0, 0.1) is 5.41 Å². The van der Waals surface area contributed by atoms with Gasteiger partial charge in [-0.25, -0.2) is 18.4 Å². The van der Waals surface area contributed by atoms with Gasteiger partial charge in [-0.15, -0.1) is 11.3 Å². The van der Waals surface area contributed by atoms with E-state index in [9.17, 15) is 13.2 Å². The first-order valence-electron chi connectivity index (χ1n) is 9.28. The highest BCUT2D eigenvalue weighted by Crippen LogP contribution is 2.48. The fraction of sp³-hybridized carbons (Fsp3) is 0.389. The van der Waals surface area contributed by atoms with Crippen LogP contribution in [0.15, 0.2) is 34.9 Å². The van der Waals surface area contributed by atoms with E-state index >= 15 is 0 Å². The van der Waals surface area contributed by atoms with Crippen molar-refractivity contribution in [2.24, 2.45) is 5.41 Å². The van der Waals surface area contributed by atoms with E-state index in [2.05, 4.69) is 19.9 Å². The Kier molecular flexibility index (Phi) is 4.42. The Labute approximate surface area is 174 Å². The summed E-state index contributed by atoms with van der Waals surface area (Å²) in [5.41, 5.74) is 0.883. The number of nitrogens with zero attached hydrogens (tertiary/aromatic N) is 4. The molecule has 1 unspecified atom stereocenters. The zero-order valence-electron chi connectivity index (χ0n) is 15.5. The Balaban J connectivity index is 1.41. The molecule has 1 atom stereocenters. The Morgan fingerprint density at radius 3 is 2.79 bits per heavy atom. The molecule has 5 rings (SSSR count). The molecular formula is C18H20N5O3PS2. The quantitative estimate of drug-likeness (QED) is 0.616. The maximum absolute atomic E-state index is 13.1. The van der Waals surface area contributed by atoms with Crippen LogP contribution in [0.1, 0.15) is 22.5 Å². The number of aromatic amines is 1. The molecule has 8 nitrogen and oxygen atoms in total. The number of aromatic nitrogens is 3. The van der Waals surface area contributed by atoms with Crippen molar-refractivity contribution in [3.05, 3.63) is 34.9 Å². The van der Waals surface area contributed by atoms with E-state index in [1.807, 2.05) is 25.6 Å². The van der Waals surface area contributed by atoms with E-state index in [4.69, 9.17) is 0 Å². The van der Waals surface area contributed by atoms with Crippen molar-refractivity contribution < 1.29 is 13.2 Å². The maximum Gasteiger partial charge on any atom is 0.264 e. The van der Waals surface area contributed by atoms with Crippen LogP contribution in [-0.2, 0) is 9.46 Å². The molecule has 11 heteroatoms. The largest absolute Gasteiger partial charge is 0.354 e. The monoisotopic (exact) mass is 449 g/mol. The zero-order valence-corrected chi connectivity index (χ0v) is 18.3. The van der Waals surface area contributed by atoms with Gasteiger partial charge < -0.3 is 14.8 Å². The number of nitrogens with one attached hydrogen (secondary N) is 1. The molecule has 1 saturated carbocycles. The molecule has 0 aromatic carbocycles. The highest BCUT2D eigenvalue weighted by molar-refractivity contribution is 8.37. The molecule has 0 bridgehead atoms. The molecule has 1 N–H and O–H groups in total. The Hall–Kier alpha value is -2.03. The Bertz CT molecular complexity index is 1200. The van der Waals surface area contributed by atoms with E-state index in [1.165, 1.54) is 22.8 Å². The van der Waals surface area contributed by atoms with E-state index in [0.29, 0.717) is 24.5 Å². The minimum Gasteiger partial charge on any atom is -0.354 e. The van der Waals surface area contributed by atoms with Crippen LogP contribution in [0.2, 0.25) is 0 Å². The molecule has 1 aliphatic heterocycles. The third-order valence-corrected chi connectivity index (χ3v) is 8.46. The summed E-state index contributed by atoms with van der Waals surface area (Å²) in [6.45, 7) is 2.77. The van der Waals surface area contributed by atoms with Crippen molar-refractivity contribution in [2.75, 3.05) is 31.1 Å². The number of carbonyl (C=O) groups excluding carboxylic acids is 1. The van der Waals surface area contributed by atoms with E-state index in [0.717, 1.165) is 36.2 Å². The third kappa shape index (κ3) is 3.53. The van der Waals surface area contributed by atoms with Gasteiger partial charge in [-0.1, -0.05) is 0 Å². The van der Waals surface area contributed by atoms with Crippen LogP contribution >= 0.6 is 19.8 Å². The number of carbonyl (C=O) groups is 1. The number of rotatable bonds is 3. The van der Waals surface area contributed by atoms with Gasteiger partial charge in [0.2, 0.25) is 0 Å². The summed E-state index contributed by atoms with van der Waals surface area (Å²) < 4.78 is 23.4. The van der Waals surface area contributed by atoms with Crippen LogP contribution in [0.25, 0.3) is 11.0 Å². The van der Waals surface area contributed by atoms with Gasteiger partial charge >= 0.3 is 0 Å². The zero-order chi connectivity index (χ0) is 20.2. The highest BCUT2D eigenvalue weighted by Gasteiger charge is 2.48. The fourth-order valence-corrected chi connectivity index (χ4v) is 6.43. The second-order valence-corrected chi connectivity index (χ2v) is 12.1. The number of H-pyrrole nitrogens is 1. The van der Waals surface area contributed by atoms with Gasteiger partial charge in [0, 0.05) is 43.2 Å². The molecule has 2 aliphatic rings. The molecule has 29 heavy (non-hydrogen) atoms. The summed E-state index contributed by atoms with van der Waals surface area (Å²) in [5, 5.41) is 2.51. The Morgan fingerprint density at radius 1 is 1.24 bits per heavy atom. The van der Waals surface area contributed by atoms with Crippen LogP contribution in [0.3, 0.4) is 0 Å². The number of thiophene rings is 1. The summed E-state index contributed by atoms with van der Waals surface area (Å²) in [6.07, 6.45) is 5.57. The maximum atomic E-state index is 13.1. The average Bonchev–Trinajstić information content (AvgIpc) is 3.08. The second-order valence-electron chi connectivity index (χ2n) is 7.78. The lowest BCUT2D eigenvalue weighted by Crippen LogP contribution is -2.36. The second kappa shape index (κ2) is 6.75. The van der Waals surface area contributed by atoms with Crippen molar-refractivity contribution in [2.45, 2.75) is 17.7 Å². The molecular weight excluding hydrogens is 429 g/mol. The first-order valence-corrected chi connectivity index (χ1v) is 13.1. The van der Waals surface area contributed by atoms with Crippen LogP contribution in [0.5, 0.6) is 0 Å². The summed E-state index contributed by atoms with van der Waals surface area (Å²) in [5.74, 6) is 0.793. The van der Waals surface area contributed by atoms with Crippen LogP contribution in [0.4, 0.5) is 5.82 Å². The van der Waals surface area contributed by atoms with Crippen LogP contribution < -0.4 is 4.90 Å². The first-order chi connectivity index (χ1) is 13.8. The van der Waals surface area contributed by atoms with Gasteiger partial charge in [-0.3, -0.25) is 4.79 Å². The standard InChI is InChI=1S/C18H20N5O3PS2/c24-17(14-7-12(8-28-14)29(25,26)27)23-6-5-22(9-18(10-23)2-3-18)16-13-1-4-19-15(13)20-11-21-16/h1,4,7-8,11H,2-3,5-6,9-10,27H2,(H,19,20,21). The lowest BCUT2D eigenvalue weighted by atomic mass is 10.1. The molecule has 1 spiro atoms. The lowest BCUT2D eigenvalue weighted by Gasteiger charge is -2.25. The minimum atomic E-state index is -3.39. The molecule has 4 heterocycles. The van der Waals surface area contributed by atoms with E-state index in [1.54, 1.807) is 6.33 Å². The highest BCUT2D eigenvalue weighted by atomic mass is 32.7. The van der Waals surface area contributed by atoms with Gasteiger partial charge in [-0.05, 0) is 33.4 Å². The number of hydrogen-bond acceptors (Lipinski definition) is 7. The van der Waals surface area contributed by atoms with Gasteiger partial charge in [0.25, 0.3) is 5.91 Å². The molecule has 1 saturated heterocycles. The average molecular weight is 449 g/mol.